The van der Waals surface area contributed by atoms with Crippen LogP contribution in [-0.2, 0) is 17.7 Å². The predicted octanol–water partition coefficient (Wildman–Crippen LogP) is 4.06. The smallest absolute Gasteiger partial charge is 0.350 e. The van der Waals surface area contributed by atoms with Crippen LogP contribution in [0, 0.1) is 6.92 Å². The van der Waals surface area contributed by atoms with E-state index in [0.717, 1.165) is 61.7 Å². The number of aryl methyl sites for hydroxylation is 1. The van der Waals surface area contributed by atoms with Crippen LogP contribution < -0.4 is 20.9 Å². The molecule has 0 aromatic carbocycles. The third kappa shape index (κ3) is 5.67. The minimum absolute atomic E-state index is 0.277. The number of carbonyl (C=O) groups excluding carboxylic acids is 1. The highest BCUT2D eigenvalue weighted by Gasteiger charge is 2.30. The summed E-state index contributed by atoms with van der Waals surface area (Å²) >= 11 is 1.25. The lowest BCUT2D eigenvalue weighted by molar-refractivity contribution is 0.0531. The van der Waals surface area contributed by atoms with E-state index in [1.807, 2.05) is 12.3 Å². The van der Waals surface area contributed by atoms with Crippen LogP contribution in [0.2, 0.25) is 0 Å². The van der Waals surface area contributed by atoms with Gasteiger partial charge in [0.15, 0.2) is 5.13 Å². The van der Waals surface area contributed by atoms with Gasteiger partial charge in [0.05, 0.1) is 12.3 Å². The summed E-state index contributed by atoms with van der Waals surface area (Å²) in [6.07, 6.45) is 7.90. The van der Waals surface area contributed by atoms with E-state index >= 15 is 0 Å². The fourth-order valence-electron chi connectivity index (χ4n) is 5.01. The number of hydrogen-bond donors (Lipinski definition) is 3. The number of pyridine rings is 1. The van der Waals surface area contributed by atoms with Gasteiger partial charge in [-0.1, -0.05) is 24.3 Å². The maximum Gasteiger partial charge on any atom is 0.350 e. The molecule has 11 heteroatoms. The number of anilines is 4. The molecule has 2 atom stereocenters. The fourth-order valence-corrected chi connectivity index (χ4v) is 5.86. The predicted molar refractivity (Wildman–Crippen MR) is 146 cm³/mol. The molecule has 1 saturated heterocycles. The summed E-state index contributed by atoms with van der Waals surface area (Å²) in [5.41, 5.74) is 2.89. The van der Waals surface area contributed by atoms with Crippen LogP contribution in [0.5, 0.6) is 0 Å². The first-order chi connectivity index (χ1) is 18.1. The zero-order valence-corrected chi connectivity index (χ0v) is 22.4. The van der Waals surface area contributed by atoms with Gasteiger partial charge in [-0.25, -0.2) is 9.78 Å². The van der Waals surface area contributed by atoms with Crippen LogP contribution in [0.1, 0.15) is 59.6 Å². The molecular weight excluding hydrogens is 488 g/mol. The molecule has 10 nitrogen and oxygen atoms in total. The number of rotatable bonds is 10. The molecule has 3 aromatic rings. The van der Waals surface area contributed by atoms with Crippen molar-refractivity contribution in [3.8, 4) is 0 Å². The van der Waals surface area contributed by atoms with Crippen molar-refractivity contribution in [2.24, 2.45) is 0 Å². The van der Waals surface area contributed by atoms with Gasteiger partial charge < -0.3 is 20.3 Å². The van der Waals surface area contributed by atoms with Crippen molar-refractivity contribution in [2.45, 2.75) is 65.1 Å². The van der Waals surface area contributed by atoms with Crippen molar-refractivity contribution in [1.29, 1.82) is 0 Å². The number of carbonyl (C=O) groups is 1. The Morgan fingerprint density at radius 2 is 2.22 bits per heavy atom. The second-order valence-electron chi connectivity index (χ2n) is 9.37. The maximum absolute atomic E-state index is 12.3. The molecule has 0 bridgehead atoms. The second kappa shape index (κ2) is 11.4. The molecule has 196 valence electrons. The minimum atomic E-state index is -0.361. The molecule has 2 unspecified atom stereocenters. The van der Waals surface area contributed by atoms with Crippen LogP contribution in [0.15, 0.2) is 24.5 Å². The molecule has 3 aromatic heterocycles. The third-order valence-corrected chi connectivity index (χ3v) is 7.89. The van der Waals surface area contributed by atoms with E-state index in [0.29, 0.717) is 34.3 Å². The molecule has 0 amide bonds. The van der Waals surface area contributed by atoms with Gasteiger partial charge in [-0.05, 0) is 57.7 Å². The van der Waals surface area contributed by atoms with Crippen molar-refractivity contribution < 1.29 is 9.53 Å². The van der Waals surface area contributed by atoms with Crippen molar-refractivity contribution in [3.63, 3.8) is 0 Å². The van der Waals surface area contributed by atoms with Gasteiger partial charge in [0.25, 0.3) is 0 Å². The molecule has 37 heavy (non-hydrogen) atoms. The monoisotopic (exact) mass is 522 g/mol. The molecule has 5 heterocycles. The topological polar surface area (TPSA) is 117 Å². The van der Waals surface area contributed by atoms with Crippen LogP contribution >= 0.6 is 11.3 Å². The first kappa shape index (κ1) is 25.3. The summed E-state index contributed by atoms with van der Waals surface area (Å²) in [6.45, 7) is 8.77. The Morgan fingerprint density at radius 3 is 2.95 bits per heavy atom. The van der Waals surface area contributed by atoms with E-state index in [1.165, 1.54) is 17.8 Å². The first-order valence-corrected chi connectivity index (χ1v) is 13.8. The molecule has 5 rings (SSSR count). The molecule has 0 aliphatic carbocycles. The van der Waals surface area contributed by atoms with E-state index < -0.39 is 0 Å². The van der Waals surface area contributed by atoms with Crippen LogP contribution in [0.3, 0.4) is 0 Å². The van der Waals surface area contributed by atoms with Gasteiger partial charge >= 0.3 is 5.97 Å². The molecule has 0 spiro atoms. The van der Waals surface area contributed by atoms with Crippen molar-refractivity contribution in [2.75, 3.05) is 35.2 Å². The molecule has 2 aliphatic heterocycles. The largest absolute Gasteiger partial charge is 0.462 e. The number of esters is 1. The van der Waals surface area contributed by atoms with Gasteiger partial charge in [0, 0.05) is 43.1 Å². The standard InChI is InChI=1S/C26H34N8O2S/c1-4-19(20-9-7-12-28-20)30-22-18-10-13-34(15-17-8-6-11-27-14-17)23(18)32-25(31-22)33-26-29-16(3)21(37-26)24(35)36-5-2/h6,8,11,14,19-20,28H,4-5,7,9-10,12-13,15H2,1-3H3,(H2,29,30,31,32,33). The fraction of sp³-hybridized carbons (Fsp3) is 0.500. The Morgan fingerprint density at radius 1 is 1.32 bits per heavy atom. The van der Waals surface area contributed by atoms with Crippen LogP contribution in [0.25, 0.3) is 0 Å². The lowest BCUT2D eigenvalue weighted by atomic mass is 10.0. The zero-order chi connectivity index (χ0) is 25.8. The van der Waals surface area contributed by atoms with Gasteiger partial charge in [0.2, 0.25) is 5.95 Å². The lowest BCUT2D eigenvalue weighted by Crippen LogP contribution is -2.40. The highest BCUT2D eigenvalue weighted by molar-refractivity contribution is 7.17. The highest BCUT2D eigenvalue weighted by Crippen LogP contribution is 2.35. The number of ether oxygens (including phenoxy) is 1. The summed E-state index contributed by atoms with van der Waals surface area (Å²) in [6, 6.07) is 4.74. The third-order valence-electron chi connectivity index (χ3n) is 6.83. The summed E-state index contributed by atoms with van der Waals surface area (Å²) < 4.78 is 5.17. The van der Waals surface area contributed by atoms with Crippen LogP contribution in [0.4, 0.5) is 22.7 Å². The maximum atomic E-state index is 12.3. The Hall–Kier alpha value is -3.31. The van der Waals surface area contributed by atoms with Gasteiger partial charge in [-0.2, -0.15) is 9.97 Å². The normalized spacial score (nSPS) is 17.5. The molecule has 0 radical (unpaired) electrons. The summed E-state index contributed by atoms with van der Waals surface area (Å²) in [5.74, 6) is 1.87. The number of nitrogens with one attached hydrogen (secondary N) is 3. The average Bonchev–Trinajstić information content (AvgIpc) is 3.65. The Kier molecular flexibility index (Phi) is 7.80. The van der Waals surface area contributed by atoms with Crippen molar-refractivity contribution >= 4 is 40.0 Å². The lowest BCUT2D eigenvalue weighted by Gasteiger charge is -2.26. The molecule has 0 saturated carbocycles. The van der Waals surface area contributed by atoms with Crippen LogP contribution in [-0.4, -0.2) is 57.7 Å². The van der Waals surface area contributed by atoms with E-state index in [1.54, 1.807) is 20.0 Å². The van der Waals surface area contributed by atoms with Crippen molar-refractivity contribution in [3.05, 3.63) is 46.2 Å². The van der Waals surface area contributed by atoms with E-state index in [4.69, 9.17) is 14.7 Å². The molecule has 2 aliphatic rings. The minimum Gasteiger partial charge on any atom is -0.462 e. The summed E-state index contributed by atoms with van der Waals surface area (Å²) in [5, 5.41) is 11.2. The molecule has 3 N–H and O–H groups in total. The first-order valence-electron chi connectivity index (χ1n) is 13.0. The van der Waals surface area contributed by atoms with E-state index in [2.05, 4.69) is 43.8 Å². The second-order valence-corrected chi connectivity index (χ2v) is 10.4. The average molecular weight is 523 g/mol. The zero-order valence-electron chi connectivity index (χ0n) is 21.6. The van der Waals surface area contributed by atoms with Gasteiger partial charge in [0.1, 0.15) is 16.5 Å². The summed E-state index contributed by atoms with van der Waals surface area (Å²) in [4.78, 5) is 33.7. The molecule has 1 fully saturated rings. The van der Waals surface area contributed by atoms with E-state index in [9.17, 15) is 4.79 Å². The van der Waals surface area contributed by atoms with Gasteiger partial charge in [-0.15, -0.1) is 0 Å². The molecular formula is C26H34N8O2S. The highest BCUT2D eigenvalue weighted by atomic mass is 32.1. The Balaban J connectivity index is 1.46. The quantitative estimate of drug-likeness (QED) is 0.337. The Bertz CT molecular complexity index is 1230. The number of nitrogens with zero attached hydrogens (tertiary/aromatic N) is 5. The number of fused-ring (bicyclic) bond motifs is 1. The number of hydrogen-bond acceptors (Lipinski definition) is 11. The summed E-state index contributed by atoms with van der Waals surface area (Å²) in [7, 11) is 0. The Labute approximate surface area is 221 Å². The SMILES string of the molecule is CCOC(=O)c1sc(Nc2nc(NC(CC)C3CCCN3)c3c(n2)N(Cc2cccnc2)CC3)nc1C. The van der Waals surface area contributed by atoms with Gasteiger partial charge in [-0.3, -0.25) is 10.3 Å². The number of thiazole rings is 1. The van der Waals surface area contributed by atoms with E-state index in [-0.39, 0.29) is 12.0 Å². The number of aromatic nitrogens is 4. The van der Waals surface area contributed by atoms with Crippen molar-refractivity contribution in [1.82, 2.24) is 25.3 Å².